The number of carbonyl (C=O) groups is 1. The second kappa shape index (κ2) is 5.13. The maximum Gasteiger partial charge on any atom is 0.249 e. The lowest BCUT2D eigenvalue weighted by atomic mass is 10.0. The van der Waals surface area contributed by atoms with Crippen LogP contribution in [0.15, 0.2) is 18.2 Å². The lowest BCUT2D eigenvalue weighted by molar-refractivity contribution is -0.136. The molecule has 1 aliphatic carbocycles. The van der Waals surface area contributed by atoms with E-state index in [2.05, 4.69) is 5.32 Å². The number of ether oxygens (including phenoxy) is 1. The van der Waals surface area contributed by atoms with Gasteiger partial charge in [0.1, 0.15) is 17.7 Å². The van der Waals surface area contributed by atoms with Gasteiger partial charge in [-0.3, -0.25) is 4.79 Å². The maximum absolute atomic E-state index is 13.8. The van der Waals surface area contributed by atoms with Crippen molar-refractivity contribution in [2.75, 3.05) is 6.61 Å². The Morgan fingerprint density at radius 1 is 1.30 bits per heavy atom. The molecule has 0 bridgehead atoms. The van der Waals surface area contributed by atoms with Gasteiger partial charge in [-0.2, -0.15) is 0 Å². The van der Waals surface area contributed by atoms with Crippen LogP contribution in [-0.4, -0.2) is 18.6 Å². The second-order valence-electron chi connectivity index (χ2n) is 5.55. The predicted octanol–water partition coefficient (Wildman–Crippen LogP) is 2.64. The lowest BCUT2D eigenvalue weighted by Gasteiger charge is -2.25. The molecule has 1 aromatic rings. The zero-order chi connectivity index (χ0) is 14.2. The van der Waals surface area contributed by atoms with Gasteiger partial charge in [0.15, 0.2) is 0 Å². The Labute approximate surface area is 116 Å². The molecule has 1 saturated carbocycles. The van der Waals surface area contributed by atoms with E-state index in [1.165, 1.54) is 6.07 Å². The minimum absolute atomic E-state index is 0.217. The number of halogens is 2. The third-order valence-electron chi connectivity index (χ3n) is 4.03. The summed E-state index contributed by atoms with van der Waals surface area (Å²) in [5.41, 5.74) is -0.508. The number of hydrogen-bond donors (Lipinski definition) is 1. The van der Waals surface area contributed by atoms with Crippen LogP contribution >= 0.6 is 0 Å². The zero-order valence-electron chi connectivity index (χ0n) is 11.1. The van der Waals surface area contributed by atoms with Crippen molar-refractivity contribution < 1.29 is 18.3 Å². The smallest absolute Gasteiger partial charge is 0.249 e. The first kappa shape index (κ1) is 13.5. The van der Waals surface area contributed by atoms with Gasteiger partial charge in [0.05, 0.1) is 5.54 Å². The molecule has 0 aromatic heterocycles. The van der Waals surface area contributed by atoms with Gasteiger partial charge in [0, 0.05) is 12.2 Å². The third-order valence-corrected chi connectivity index (χ3v) is 4.03. The summed E-state index contributed by atoms with van der Waals surface area (Å²) in [7, 11) is 0. The quantitative estimate of drug-likeness (QED) is 0.925. The summed E-state index contributed by atoms with van der Waals surface area (Å²) in [6.45, 7) is 0.583. The first-order valence-corrected chi connectivity index (χ1v) is 7.00. The Kier molecular flexibility index (Phi) is 3.46. The van der Waals surface area contributed by atoms with Crippen LogP contribution in [0, 0.1) is 11.6 Å². The molecule has 2 aliphatic rings. The summed E-state index contributed by atoms with van der Waals surface area (Å²) in [6, 6.07) is 3.36. The van der Waals surface area contributed by atoms with Crippen LogP contribution in [0.2, 0.25) is 0 Å². The minimum atomic E-state index is -0.746. The van der Waals surface area contributed by atoms with Crippen LogP contribution in [0.4, 0.5) is 8.78 Å². The summed E-state index contributed by atoms with van der Waals surface area (Å²) >= 11 is 0. The third kappa shape index (κ3) is 2.54. The van der Waals surface area contributed by atoms with E-state index in [0.29, 0.717) is 25.9 Å². The van der Waals surface area contributed by atoms with Crippen LogP contribution in [0.25, 0.3) is 0 Å². The van der Waals surface area contributed by atoms with Crippen LogP contribution in [0.1, 0.15) is 37.7 Å². The van der Waals surface area contributed by atoms with Crippen molar-refractivity contribution in [3.63, 3.8) is 0 Å². The van der Waals surface area contributed by atoms with Crippen molar-refractivity contribution in [2.24, 2.45) is 0 Å². The first-order chi connectivity index (χ1) is 9.61. The molecule has 0 radical (unpaired) electrons. The number of rotatable bonds is 3. The van der Waals surface area contributed by atoms with Gasteiger partial charge in [-0.1, -0.05) is 0 Å². The molecule has 3 rings (SSSR count). The average Bonchev–Trinajstić information content (AvgIpc) is 3.23. The molecule has 5 heteroatoms. The molecule has 1 atom stereocenters. The van der Waals surface area contributed by atoms with Crippen molar-refractivity contribution in [3.8, 4) is 0 Å². The molecule has 108 valence electrons. The number of amides is 1. The minimum Gasteiger partial charge on any atom is -0.368 e. The van der Waals surface area contributed by atoms with E-state index < -0.39 is 23.3 Å². The van der Waals surface area contributed by atoms with Crippen molar-refractivity contribution in [3.05, 3.63) is 35.4 Å². The Bertz CT molecular complexity index is 523. The predicted molar refractivity (Wildman–Crippen MR) is 69.0 cm³/mol. The molecule has 1 aliphatic heterocycles. The number of nitrogens with one attached hydrogen (secondary N) is 1. The topological polar surface area (TPSA) is 38.3 Å². The van der Waals surface area contributed by atoms with Crippen LogP contribution in [0.3, 0.4) is 0 Å². The summed E-state index contributed by atoms with van der Waals surface area (Å²) < 4.78 is 32.6. The summed E-state index contributed by atoms with van der Waals surface area (Å²) in [6.07, 6.45) is 3.41. The molecular formula is C15H17F2NO2. The normalized spacial score (nSPS) is 24.2. The molecule has 3 nitrogen and oxygen atoms in total. The van der Waals surface area contributed by atoms with Crippen LogP contribution < -0.4 is 5.32 Å². The molecular weight excluding hydrogens is 264 g/mol. The van der Waals surface area contributed by atoms with Gasteiger partial charge < -0.3 is 10.1 Å². The van der Waals surface area contributed by atoms with Crippen LogP contribution in [0.5, 0.6) is 0 Å². The number of hydrogen-bond acceptors (Lipinski definition) is 2. The van der Waals surface area contributed by atoms with Crippen molar-refractivity contribution in [2.45, 2.75) is 43.7 Å². The van der Waals surface area contributed by atoms with E-state index in [9.17, 15) is 13.6 Å². The Hall–Kier alpha value is -1.49. The van der Waals surface area contributed by atoms with Gasteiger partial charge >= 0.3 is 0 Å². The Morgan fingerprint density at radius 2 is 2.10 bits per heavy atom. The Balaban J connectivity index is 1.75. The number of benzene rings is 1. The summed E-state index contributed by atoms with van der Waals surface area (Å²) in [4.78, 5) is 12.2. The highest BCUT2D eigenvalue weighted by molar-refractivity contribution is 5.82. The van der Waals surface area contributed by atoms with E-state index in [-0.39, 0.29) is 11.5 Å². The molecule has 1 saturated heterocycles. The molecule has 1 amide bonds. The highest BCUT2D eigenvalue weighted by Gasteiger charge is 2.48. The zero-order valence-corrected chi connectivity index (χ0v) is 11.1. The fourth-order valence-corrected chi connectivity index (χ4v) is 2.71. The van der Waals surface area contributed by atoms with Gasteiger partial charge in [0.25, 0.3) is 0 Å². The molecule has 1 N–H and O–H groups in total. The molecule has 0 unspecified atom stereocenters. The van der Waals surface area contributed by atoms with Gasteiger partial charge in [-0.15, -0.1) is 0 Å². The van der Waals surface area contributed by atoms with Crippen molar-refractivity contribution in [1.82, 2.24) is 5.32 Å². The van der Waals surface area contributed by atoms with E-state index in [0.717, 1.165) is 25.0 Å². The van der Waals surface area contributed by atoms with Gasteiger partial charge in [0.2, 0.25) is 5.91 Å². The van der Waals surface area contributed by atoms with Gasteiger partial charge in [-0.05, 0) is 50.3 Å². The molecule has 1 aromatic carbocycles. The maximum atomic E-state index is 13.8. The van der Waals surface area contributed by atoms with Crippen molar-refractivity contribution in [1.29, 1.82) is 0 Å². The first-order valence-electron chi connectivity index (χ1n) is 7.00. The van der Waals surface area contributed by atoms with E-state index >= 15 is 0 Å². The fourth-order valence-electron chi connectivity index (χ4n) is 2.71. The van der Waals surface area contributed by atoms with Gasteiger partial charge in [-0.25, -0.2) is 8.78 Å². The second-order valence-corrected chi connectivity index (χ2v) is 5.55. The highest BCUT2D eigenvalue weighted by atomic mass is 19.1. The molecule has 20 heavy (non-hydrogen) atoms. The van der Waals surface area contributed by atoms with E-state index in [1.54, 1.807) is 0 Å². The average molecular weight is 281 g/mol. The molecule has 0 spiro atoms. The SMILES string of the molecule is O=C(NC1(c2cc(F)ccc2F)CC1)[C@H]1CCCCO1. The van der Waals surface area contributed by atoms with E-state index in [4.69, 9.17) is 4.74 Å². The highest BCUT2D eigenvalue weighted by Crippen LogP contribution is 2.46. The summed E-state index contributed by atoms with van der Waals surface area (Å²) in [5.74, 6) is -1.18. The number of carbonyl (C=O) groups excluding carboxylic acids is 1. The van der Waals surface area contributed by atoms with Crippen molar-refractivity contribution >= 4 is 5.91 Å². The van der Waals surface area contributed by atoms with Crippen LogP contribution in [-0.2, 0) is 15.1 Å². The summed E-state index contributed by atoms with van der Waals surface area (Å²) in [5, 5.41) is 2.85. The lowest BCUT2D eigenvalue weighted by Crippen LogP contribution is -2.44. The van der Waals surface area contributed by atoms with E-state index in [1.807, 2.05) is 0 Å². The molecule has 2 fully saturated rings. The standard InChI is InChI=1S/C15H17F2NO2/c16-10-4-5-12(17)11(9-10)15(6-7-15)18-14(19)13-3-1-2-8-20-13/h4-5,9,13H,1-3,6-8H2,(H,18,19)/t13-/m1/s1. The Morgan fingerprint density at radius 3 is 2.75 bits per heavy atom. The largest absolute Gasteiger partial charge is 0.368 e. The molecule has 1 heterocycles. The fraction of sp³-hybridized carbons (Fsp3) is 0.533. The monoisotopic (exact) mass is 281 g/mol.